The smallest absolute Gasteiger partial charge is 0.0220 e. The Labute approximate surface area is 409 Å². The van der Waals surface area contributed by atoms with Crippen LogP contribution in [0, 0.1) is 0 Å². The van der Waals surface area contributed by atoms with Crippen molar-refractivity contribution in [3.63, 3.8) is 0 Å². The lowest BCUT2D eigenvalue weighted by atomic mass is 10.1. The fourth-order valence-corrected chi connectivity index (χ4v) is 13.5. The van der Waals surface area contributed by atoms with Gasteiger partial charge < -0.3 is 0 Å². The van der Waals surface area contributed by atoms with E-state index in [1.165, 1.54) is 306 Å². The maximum absolute atomic E-state index is 2.68. The van der Waals surface area contributed by atoms with Crippen LogP contribution in [0.15, 0.2) is 31.7 Å². The highest BCUT2D eigenvalue weighted by molar-refractivity contribution is 8.03. The van der Waals surface area contributed by atoms with Gasteiger partial charge in [-0.15, -0.1) is 47.0 Å². The van der Waals surface area contributed by atoms with E-state index in [9.17, 15) is 0 Å². The first kappa shape index (κ1) is 60.6. The predicted octanol–water partition coefficient (Wildman–Crippen LogP) is 23.3. The molecule has 62 heavy (non-hydrogen) atoms. The summed E-state index contributed by atoms with van der Waals surface area (Å²) >= 11 is 8.79. The lowest BCUT2D eigenvalue weighted by Crippen LogP contribution is -1.92. The van der Waals surface area contributed by atoms with Gasteiger partial charge in [0, 0.05) is 19.6 Å². The van der Waals surface area contributed by atoms with Gasteiger partial charge in [0.25, 0.3) is 0 Å². The molecule has 1 aromatic carbocycles. The monoisotopic (exact) mass is 935 g/mol. The molecule has 0 radical (unpaired) electrons. The molecule has 0 heterocycles. The second kappa shape index (κ2) is 51.0. The van der Waals surface area contributed by atoms with E-state index < -0.39 is 0 Å². The third-order valence-electron chi connectivity index (χ3n) is 13.0. The average Bonchev–Trinajstić information content (AvgIpc) is 3.28. The Balaban J connectivity index is 2.76. The topological polar surface area (TPSA) is 0 Å². The molecule has 0 spiro atoms. The van der Waals surface area contributed by atoms with E-state index >= 15 is 0 Å². The van der Waals surface area contributed by atoms with Crippen molar-refractivity contribution < 1.29 is 0 Å². The van der Waals surface area contributed by atoms with Crippen molar-refractivity contribution in [2.45, 2.75) is 330 Å². The van der Waals surface area contributed by atoms with E-state index in [0.717, 1.165) is 0 Å². The summed E-state index contributed by atoms with van der Waals surface area (Å²) in [7, 11) is 0. The molecule has 0 unspecified atom stereocenters. The van der Waals surface area contributed by atoms with Crippen molar-refractivity contribution in [2.24, 2.45) is 0 Å². The average molecular weight is 936 g/mol. The normalized spacial score (nSPS) is 11.7. The van der Waals surface area contributed by atoms with Crippen LogP contribution in [0.25, 0.3) is 0 Å². The highest BCUT2D eigenvalue weighted by Gasteiger charge is 2.13. The Kier molecular flexibility index (Phi) is 49.9. The first-order valence-electron chi connectivity index (χ1n) is 28.5. The first-order chi connectivity index (χ1) is 30.8. The third kappa shape index (κ3) is 40.9. The van der Waals surface area contributed by atoms with Gasteiger partial charge >= 0.3 is 0 Å². The van der Waals surface area contributed by atoms with Gasteiger partial charge in [-0.3, -0.25) is 0 Å². The quantitative estimate of drug-likeness (QED) is 0.0471. The molecule has 0 atom stereocenters. The Morgan fingerprint density at radius 1 is 0.194 bits per heavy atom. The molecule has 1 rings (SSSR count). The molecule has 366 valence electrons. The summed E-state index contributed by atoms with van der Waals surface area (Å²) in [6, 6.07) is 5.36. The number of rotatable bonds is 52. The van der Waals surface area contributed by atoms with E-state index in [4.69, 9.17) is 0 Å². The van der Waals surface area contributed by atoms with E-state index in [1.54, 1.807) is 19.6 Å². The zero-order valence-electron chi connectivity index (χ0n) is 42.7. The highest BCUT2D eigenvalue weighted by atomic mass is 32.2. The summed E-state index contributed by atoms with van der Waals surface area (Å²) in [4.78, 5) is 6.41. The van der Waals surface area contributed by atoms with E-state index in [2.05, 4.69) is 86.9 Å². The molecular formula is C58H110S4. The van der Waals surface area contributed by atoms with Gasteiger partial charge in [-0.2, -0.15) is 0 Å². The van der Waals surface area contributed by atoms with Crippen molar-refractivity contribution in [3.05, 3.63) is 12.1 Å². The van der Waals surface area contributed by atoms with Crippen LogP contribution in [0.4, 0.5) is 0 Å². The Bertz CT molecular complexity index is 855. The summed E-state index contributed by atoms with van der Waals surface area (Å²) in [5.41, 5.74) is 0. The van der Waals surface area contributed by atoms with E-state index in [-0.39, 0.29) is 0 Å². The molecule has 0 aliphatic heterocycles. The van der Waals surface area contributed by atoms with Crippen LogP contribution in [0.5, 0.6) is 0 Å². The van der Waals surface area contributed by atoms with Crippen molar-refractivity contribution in [3.8, 4) is 0 Å². The van der Waals surface area contributed by atoms with Gasteiger partial charge in [0.05, 0.1) is 0 Å². The summed E-state index contributed by atoms with van der Waals surface area (Å²) < 4.78 is 0. The maximum Gasteiger partial charge on any atom is 0.0220 e. The molecule has 0 saturated heterocycles. The molecule has 0 aliphatic rings. The second-order valence-corrected chi connectivity index (χ2v) is 23.8. The van der Waals surface area contributed by atoms with E-state index in [0.29, 0.717) is 0 Å². The molecule has 0 aromatic heterocycles. The molecule has 0 fully saturated rings. The number of hydrogen-bond donors (Lipinski definition) is 0. The van der Waals surface area contributed by atoms with Crippen molar-refractivity contribution in [1.82, 2.24) is 0 Å². The zero-order valence-corrected chi connectivity index (χ0v) is 46.0. The Morgan fingerprint density at radius 2 is 0.323 bits per heavy atom. The van der Waals surface area contributed by atoms with Gasteiger partial charge in [0.1, 0.15) is 0 Å². The maximum atomic E-state index is 2.68. The van der Waals surface area contributed by atoms with Crippen LogP contribution in [-0.2, 0) is 0 Å². The minimum Gasteiger partial charge on any atom is -0.125 e. The van der Waals surface area contributed by atoms with Crippen molar-refractivity contribution in [1.29, 1.82) is 0 Å². The molecule has 1 aromatic rings. The van der Waals surface area contributed by atoms with Crippen molar-refractivity contribution >= 4 is 47.0 Å². The van der Waals surface area contributed by atoms with Crippen LogP contribution in [0.1, 0.15) is 310 Å². The molecule has 0 saturated carbocycles. The van der Waals surface area contributed by atoms with Gasteiger partial charge in [-0.05, 0) is 60.8 Å². The lowest BCUT2D eigenvalue weighted by Gasteiger charge is -2.16. The van der Waals surface area contributed by atoms with Crippen LogP contribution >= 0.6 is 47.0 Å². The molecule has 0 N–H and O–H groups in total. The molecule has 0 aliphatic carbocycles. The highest BCUT2D eigenvalue weighted by Crippen LogP contribution is 2.42. The summed E-state index contributed by atoms with van der Waals surface area (Å²) in [6.45, 7) is 9.30. The zero-order chi connectivity index (χ0) is 44.5. The minimum absolute atomic E-state index is 1.29. The molecule has 0 nitrogen and oxygen atoms in total. The van der Waals surface area contributed by atoms with Crippen LogP contribution in [-0.4, -0.2) is 23.0 Å². The molecule has 0 bridgehead atoms. The first-order valence-corrected chi connectivity index (χ1v) is 32.4. The van der Waals surface area contributed by atoms with E-state index in [1.807, 2.05) is 0 Å². The predicted molar refractivity (Wildman–Crippen MR) is 295 cm³/mol. The summed E-state index contributed by atoms with van der Waals surface area (Å²) in [6.07, 6.45) is 63.0. The van der Waals surface area contributed by atoms with Gasteiger partial charge in [-0.1, -0.05) is 285 Å². The Hall–Kier alpha value is 0.620. The van der Waals surface area contributed by atoms with Gasteiger partial charge in [0.15, 0.2) is 0 Å². The number of benzene rings is 1. The SMILES string of the molecule is CCCCCCCCCCCCCSc1cc(SCCCCCCCCCCCCC)c(SCCCCCCCCCCCCC)cc1SCCCCCCCCCCCCC. The third-order valence-corrected chi connectivity index (χ3v) is 17.9. The molecule has 4 heteroatoms. The van der Waals surface area contributed by atoms with Gasteiger partial charge in [0.2, 0.25) is 0 Å². The molecular weight excluding hydrogens is 825 g/mol. The lowest BCUT2D eigenvalue weighted by molar-refractivity contribution is 0.555. The summed E-state index contributed by atoms with van der Waals surface area (Å²) in [5.74, 6) is 5.15. The van der Waals surface area contributed by atoms with Gasteiger partial charge in [-0.25, -0.2) is 0 Å². The largest absolute Gasteiger partial charge is 0.125 e. The second-order valence-electron chi connectivity index (χ2n) is 19.3. The van der Waals surface area contributed by atoms with Crippen LogP contribution < -0.4 is 0 Å². The molecule has 0 amide bonds. The van der Waals surface area contributed by atoms with Crippen LogP contribution in [0.2, 0.25) is 0 Å². The standard InChI is InChI=1S/C58H110S4/c1-5-9-13-17-21-25-29-33-37-41-45-49-59-55-53-57(61-51-47-43-39-35-31-27-23-19-15-11-7-3)58(62-52-48-44-40-36-32-28-24-20-16-12-8-4)54-56(55)60-50-46-42-38-34-30-26-22-18-14-10-6-2/h53-54H,5-52H2,1-4H3. The summed E-state index contributed by atoms with van der Waals surface area (Å²) in [5, 5.41) is 0. The fraction of sp³-hybridized carbons (Fsp3) is 0.897. The minimum atomic E-state index is 1.29. The Morgan fingerprint density at radius 3 is 0.468 bits per heavy atom. The fourth-order valence-electron chi connectivity index (χ4n) is 8.77. The number of thioether (sulfide) groups is 4. The van der Waals surface area contributed by atoms with Crippen molar-refractivity contribution in [2.75, 3.05) is 23.0 Å². The van der Waals surface area contributed by atoms with Crippen LogP contribution in [0.3, 0.4) is 0 Å². The number of unbranched alkanes of at least 4 members (excludes halogenated alkanes) is 40. The number of hydrogen-bond acceptors (Lipinski definition) is 4.